The van der Waals surface area contributed by atoms with Crippen molar-refractivity contribution in [3.05, 3.63) is 34.4 Å². The lowest BCUT2D eigenvalue weighted by atomic mass is 10.2. The summed E-state index contributed by atoms with van der Waals surface area (Å²) in [4.78, 5) is 21.5. The number of nitro groups is 1. The van der Waals surface area contributed by atoms with Crippen LogP contribution in [0.1, 0.15) is 6.92 Å². The van der Waals surface area contributed by atoms with E-state index < -0.39 is 4.92 Å². The van der Waals surface area contributed by atoms with E-state index in [0.717, 1.165) is 0 Å². The molecule has 1 rings (SSSR count). The van der Waals surface area contributed by atoms with Gasteiger partial charge in [0.25, 0.3) is 11.6 Å². The van der Waals surface area contributed by atoms with Gasteiger partial charge in [-0.15, -0.1) is 12.4 Å². The number of non-ortho nitro benzene ring substituents is 1. The van der Waals surface area contributed by atoms with Gasteiger partial charge in [0.05, 0.1) is 11.0 Å². The number of hydrogen-bond acceptors (Lipinski definition) is 5. The summed E-state index contributed by atoms with van der Waals surface area (Å²) in [5.74, 6) is 0.199. The summed E-state index contributed by atoms with van der Waals surface area (Å²) >= 11 is 0. The Balaban J connectivity index is 0.00000361. The van der Waals surface area contributed by atoms with Crippen molar-refractivity contribution in [3.8, 4) is 5.75 Å². The third kappa shape index (κ3) is 6.35. The first-order valence-corrected chi connectivity index (χ1v) is 5.87. The van der Waals surface area contributed by atoms with Crippen LogP contribution in [0.4, 0.5) is 5.69 Å². The lowest BCUT2D eigenvalue weighted by molar-refractivity contribution is -0.384. The minimum absolute atomic E-state index is 0. The van der Waals surface area contributed by atoms with Gasteiger partial charge in [0.15, 0.2) is 6.61 Å². The molecule has 1 aromatic carbocycles. The minimum Gasteiger partial charge on any atom is -0.484 e. The van der Waals surface area contributed by atoms with Crippen LogP contribution in [-0.2, 0) is 4.79 Å². The van der Waals surface area contributed by atoms with E-state index in [1.807, 2.05) is 6.92 Å². The highest BCUT2D eigenvalue weighted by atomic mass is 35.5. The number of halogens is 1. The highest BCUT2D eigenvalue weighted by Gasteiger charge is 2.08. The van der Waals surface area contributed by atoms with Crippen molar-refractivity contribution in [2.75, 3.05) is 19.7 Å². The van der Waals surface area contributed by atoms with E-state index in [2.05, 4.69) is 5.32 Å². The molecular weight excluding hydrogens is 286 g/mol. The molecule has 1 aromatic rings. The van der Waals surface area contributed by atoms with Crippen molar-refractivity contribution in [1.29, 1.82) is 0 Å². The number of carbonyl (C=O) groups is 1. The SMILES string of the molecule is CC(CN)CNC(=O)COc1cccc([N+](=O)[O-])c1.Cl. The number of nitrogens with zero attached hydrogens (tertiary/aromatic N) is 1. The molecule has 1 atom stereocenters. The molecule has 20 heavy (non-hydrogen) atoms. The standard InChI is InChI=1S/C12H17N3O4.ClH/c1-9(6-13)7-14-12(16)8-19-11-4-2-3-10(5-11)15(17)18;/h2-5,9H,6-8,13H2,1H3,(H,14,16);1H. The second-order valence-electron chi connectivity index (χ2n) is 4.19. The summed E-state index contributed by atoms with van der Waals surface area (Å²) in [5, 5.41) is 13.2. The predicted octanol–water partition coefficient (Wildman–Crippen LogP) is 1.11. The minimum atomic E-state index is -0.518. The summed E-state index contributed by atoms with van der Waals surface area (Å²) in [7, 11) is 0. The van der Waals surface area contributed by atoms with E-state index in [9.17, 15) is 14.9 Å². The second-order valence-corrected chi connectivity index (χ2v) is 4.19. The summed E-state index contributed by atoms with van der Waals surface area (Å²) in [5.41, 5.74) is 5.35. The van der Waals surface area contributed by atoms with E-state index in [-0.39, 0.29) is 42.3 Å². The van der Waals surface area contributed by atoms with Gasteiger partial charge in [-0.1, -0.05) is 13.0 Å². The Hall–Kier alpha value is -1.86. The zero-order chi connectivity index (χ0) is 14.3. The fourth-order valence-corrected chi connectivity index (χ4v) is 1.26. The monoisotopic (exact) mass is 303 g/mol. The largest absolute Gasteiger partial charge is 0.484 e. The second kappa shape index (κ2) is 9.11. The number of benzene rings is 1. The molecule has 0 aliphatic rings. The van der Waals surface area contributed by atoms with Gasteiger partial charge in [-0.05, 0) is 18.5 Å². The van der Waals surface area contributed by atoms with Crippen LogP contribution in [0.2, 0.25) is 0 Å². The van der Waals surface area contributed by atoms with Gasteiger partial charge in [0, 0.05) is 12.6 Å². The molecule has 3 N–H and O–H groups in total. The number of nitrogens with two attached hydrogens (primary N) is 1. The first-order chi connectivity index (χ1) is 9.02. The molecule has 8 heteroatoms. The van der Waals surface area contributed by atoms with Gasteiger partial charge in [0.1, 0.15) is 5.75 Å². The topological polar surface area (TPSA) is 107 Å². The summed E-state index contributed by atoms with van der Waals surface area (Å²) in [6, 6.07) is 5.69. The molecule has 0 saturated carbocycles. The normalized spacial score (nSPS) is 11.1. The Kier molecular flexibility index (Phi) is 8.26. The molecule has 112 valence electrons. The number of rotatable bonds is 7. The smallest absolute Gasteiger partial charge is 0.273 e. The molecule has 7 nitrogen and oxygen atoms in total. The van der Waals surface area contributed by atoms with Crippen LogP contribution in [-0.4, -0.2) is 30.5 Å². The van der Waals surface area contributed by atoms with E-state index in [1.165, 1.54) is 18.2 Å². The summed E-state index contributed by atoms with van der Waals surface area (Å²) in [6.45, 7) is 2.71. The average molecular weight is 304 g/mol. The fourth-order valence-electron chi connectivity index (χ4n) is 1.26. The highest BCUT2D eigenvalue weighted by Crippen LogP contribution is 2.18. The number of nitro benzene ring substituents is 1. The van der Waals surface area contributed by atoms with Crippen molar-refractivity contribution in [2.45, 2.75) is 6.92 Å². The van der Waals surface area contributed by atoms with Gasteiger partial charge in [-0.2, -0.15) is 0 Å². The van der Waals surface area contributed by atoms with Crippen LogP contribution < -0.4 is 15.8 Å². The molecular formula is C12H18ClN3O4. The first kappa shape index (κ1) is 18.1. The maximum absolute atomic E-state index is 11.4. The van der Waals surface area contributed by atoms with Crippen molar-refractivity contribution >= 4 is 24.0 Å². The number of ether oxygens (including phenoxy) is 1. The van der Waals surface area contributed by atoms with Gasteiger partial charge >= 0.3 is 0 Å². The molecule has 0 fully saturated rings. The number of hydrogen-bond donors (Lipinski definition) is 2. The molecule has 1 unspecified atom stereocenters. The third-order valence-corrected chi connectivity index (χ3v) is 2.45. The quantitative estimate of drug-likeness (QED) is 0.579. The zero-order valence-corrected chi connectivity index (χ0v) is 11.9. The van der Waals surface area contributed by atoms with E-state index in [4.69, 9.17) is 10.5 Å². The fraction of sp³-hybridized carbons (Fsp3) is 0.417. The van der Waals surface area contributed by atoms with Crippen LogP contribution >= 0.6 is 12.4 Å². The lowest BCUT2D eigenvalue weighted by Gasteiger charge is -2.10. The molecule has 0 spiro atoms. The molecule has 0 radical (unpaired) electrons. The maximum atomic E-state index is 11.4. The molecule has 0 bridgehead atoms. The van der Waals surface area contributed by atoms with Crippen molar-refractivity contribution in [1.82, 2.24) is 5.32 Å². The molecule has 0 saturated heterocycles. The average Bonchev–Trinajstić information content (AvgIpc) is 2.42. The van der Waals surface area contributed by atoms with Crippen LogP contribution in [0.15, 0.2) is 24.3 Å². The van der Waals surface area contributed by atoms with E-state index in [0.29, 0.717) is 13.1 Å². The maximum Gasteiger partial charge on any atom is 0.273 e. The summed E-state index contributed by atoms with van der Waals surface area (Å²) in [6.07, 6.45) is 0. The van der Waals surface area contributed by atoms with Gasteiger partial charge in [-0.25, -0.2) is 0 Å². The van der Waals surface area contributed by atoms with E-state index in [1.54, 1.807) is 6.07 Å². The Bertz CT molecular complexity index is 456. The Morgan fingerprint density at radius 3 is 2.85 bits per heavy atom. The molecule has 0 aromatic heterocycles. The van der Waals surface area contributed by atoms with Crippen LogP contribution in [0.5, 0.6) is 5.75 Å². The Morgan fingerprint density at radius 2 is 2.25 bits per heavy atom. The number of amides is 1. The Labute approximate surface area is 123 Å². The predicted molar refractivity (Wildman–Crippen MR) is 77.1 cm³/mol. The molecule has 0 aliphatic heterocycles. The van der Waals surface area contributed by atoms with Crippen molar-refractivity contribution < 1.29 is 14.5 Å². The lowest BCUT2D eigenvalue weighted by Crippen LogP contribution is -2.34. The number of nitrogens with one attached hydrogen (secondary N) is 1. The van der Waals surface area contributed by atoms with Gasteiger partial charge < -0.3 is 15.8 Å². The van der Waals surface area contributed by atoms with Crippen molar-refractivity contribution in [3.63, 3.8) is 0 Å². The van der Waals surface area contributed by atoms with E-state index >= 15 is 0 Å². The first-order valence-electron chi connectivity index (χ1n) is 5.87. The van der Waals surface area contributed by atoms with Crippen molar-refractivity contribution in [2.24, 2.45) is 11.7 Å². The van der Waals surface area contributed by atoms with Crippen LogP contribution in [0.25, 0.3) is 0 Å². The molecule has 1 amide bonds. The highest BCUT2D eigenvalue weighted by molar-refractivity contribution is 5.85. The zero-order valence-electron chi connectivity index (χ0n) is 11.1. The van der Waals surface area contributed by atoms with Crippen LogP contribution in [0, 0.1) is 16.0 Å². The van der Waals surface area contributed by atoms with Gasteiger partial charge in [-0.3, -0.25) is 14.9 Å². The third-order valence-electron chi connectivity index (χ3n) is 2.45. The van der Waals surface area contributed by atoms with Crippen LogP contribution in [0.3, 0.4) is 0 Å². The molecule has 0 heterocycles. The summed E-state index contributed by atoms with van der Waals surface area (Å²) < 4.78 is 5.18. The van der Waals surface area contributed by atoms with Gasteiger partial charge in [0.2, 0.25) is 0 Å². The molecule has 0 aliphatic carbocycles. The Morgan fingerprint density at radius 1 is 1.55 bits per heavy atom. The number of carbonyl (C=O) groups excluding carboxylic acids is 1.